The zero-order chi connectivity index (χ0) is 14.5. The van der Waals surface area contributed by atoms with E-state index in [1.807, 2.05) is 18.2 Å². The molecule has 0 fully saturated rings. The first kappa shape index (κ1) is 14.9. The van der Waals surface area contributed by atoms with Gasteiger partial charge in [-0.3, -0.25) is 0 Å². The molecule has 3 heteroatoms. The summed E-state index contributed by atoms with van der Waals surface area (Å²) in [5, 5.41) is 3.55. The Morgan fingerprint density at radius 2 is 1.95 bits per heavy atom. The van der Waals surface area contributed by atoms with Gasteiger partial charge in [0.05, 0.1) is 7.11 Å². The van der Waals surface area contributed by atoms with E-state index >= 15 is 0 Å². The van der Waals surface area contributed by atoms with Crippen molar-refractivity contribution in [3.63, 3.8) is 0 Å². The van der Waals surface area contributed by atoms with Crippen molar-refractivity contribution in [3.05, 3.63) is 58.1 Å². The van der Waals surface area contributed by atoms with Crippen molar-refractivity contribution >= 4 is 21.6 Å². The molecule has 0 saturated carbocycles. The van der Waals surface area contributed by atoms with Gasteiger partial charge >= 0.3 is 0 Å². The molecular formula is C17H20BrNO. The summed E-state index contributed by atoms with van der Waals surface area (Å²) in [6.45, 7) is 4.28. The molecule has 0 bridgehead atoms. The first-order valence-corrected chi connectivity index (χ1v) is 7.54. The van der Waals surface area contributed by atoms with E-state index < -0.39 is 0 Å². The predicted octanol–water partition coefficient (Wildman–Crippen LogP) is 4.81. The highest BCUT2D eigenvalue weighted by Crippen LogP contribution is 2.25. The largest absolute Gasteiger partial charge is 0.496 e. The zero-order valence-corrected chi connectivity index (χ0v) is 13.7. The molecule has 0 radical (unpaired) electrons. The normalized spacial score (nSPS) is 12.0. The van der Waals surface area contributed by atoms with Gasteiger partial charge in [-0.15, -0.1) is 0 Å². The molecule has 0 aliphatic rings. The maximum Gasteiger partial charge on any atom is 0.122 e. The lowest BCUT2D eigenvalue weighted by Gasteiger charge is -2.18. The number of para-hydroxylation sites is 1. The van der Waals surface area contributed by atoms with Crippen LogP contribution in [0.4, 0.5) is 5.69 Å². The summed E-state index contributed by atoms with van der Waals surface area (Å²) in [5.74, 6) is 0.949. The van der Waals surface area contributed by atoms with Crippen LogP contribution >= 0.6 is 15.9 Å². The van der Waals surface area contributed by atoms with Crippen molar-refractivity contribution in [1.29, 1.82) is 0 Å². The van der Waals surface area contributed by atoms with Gasteiger partial charge in [0.15, 0.2) is 0 Å². The van der Waals surface area contributed by atoms with E-state index in [2.05, 4.69) is 59.4 Å². The van der Waals surface area contributed by atoms with Gasteiger partial charge in [-0.05, 0) is 65.5 Å². The minimum atomic E-state index is 0.324. The van der Waals surface area contributed by atoms with Crippen LogP contribution in [0.25, 0.3) is 0 Å². The fraction of sp³-hybridized carbons (Fsp3) is 0.294. The second-order valence-corrected chi connectivity index (χ2v) is 5.90. The van der Waals surface area contributed by atoms with Gasteiger partial charge < -0.3 is 10.1 Å². The summed E-state index contributed by atoms with van der Waals surface area (Å²) >= 11 is 3.59. The average molecular weight is 334 g/mol. The number of benzene rings is 2. The van der Waals surface area contributed by atoms with Crippen LogP contribution in [0.2, 0.25) is 0 Å². The fourth-order valence-electron chi connectivity index (χ4n) is 2.27. The van der Waals surface area contributed by atoms with Crippen LogP contribution in [-0.4, -0.2) is 13.2 Å². The van der Waals surface area contributed by atoms with Crippen molar-refractivity contribution in [2.24, 2.45) is 0 Å². The van der Waals surface area contributed by atoms with Crippen LogP contribution in [0.15, 0.2) is 46.9 Å². The average Bonchev–Trinajstić information content (AvgIpc) is 2.43. The van der Waals surface area contributed by atoms with Crippen LogP contribution < -0.4 is 10.1 Å². The number of anilines is 1. The van der Waals surface area contributed by atoms with Gasteiger partial charge in [0, 0.05) is 16.2 Å². The first-order chi connectivity index (χ1) is 9.60. The molecule has 20 heavy (non-hydrogen) atoms. The SMILES string of the molecule is COc1ccccc1CC(C)Nc1cc(C)ccc1Br. The van der Waals surface area contributed by atoms with Gasteiger partial charge in [0.1, 0.15) is 5.75 Å². The molecule has 0 aromatic heterocycles. The second-order valence-electron chi connectivity index (χ2n) is 5.04. The summed E-state index contributed by atoms with van der Waals surface area (Å²) in [4.78, 5) is 0. The van der Waals surface area contributed by atoms with E-state index in [-0.39, 0.29) is 0 Å². The Hall–Kier alpha value is -1.48. The van der Waals surface area contributed by atoms with Gasteiger partial charge in [-0.1, -0.05) is 24.3 Å². The zero-order valence-electron chi connectivity index (χ0n) is 12.1. The highest BCUT2D eigenvalue weighted by molar-refractivity contribution is 9.10. The Morgan fingerprint density at radius 3 is 2.70 bits per heavy atom. The molecule has 106 valence electrons. The topological polar surface area (TPSA) is 21.3 Å². The van der Waals surface area contributed by atoms with Gasteiger partial charge in [-0.2, -0.15) is 0 Å². The maximum absolute atomic E-state index is 5.40. The van der Waals surface area contributed by atoms with E-state index in [1.165, 1.54) is 11.1 Å². The summed E-state index contributed by atoms with van der Waals surface area (Å²) < 4.78 is 6.49. The smallest absolute Gasteiger partial charge is 0.122 e. The van der Waals surface area contributed by atoms with Crippen LogP contribution in [0, 0.1) is 6.92 Å². The minimum absolute atomic E-state index is 0.324. The molecule has 0 amide bonds. The molecule has 0 spiro atoms. The molecule has 2 aromatic rings. The van der Waals surface area contributed by atoms with E-state index in [4.69, 9.17) is 4.74 Å². The van der Waals surface area contributed by atoms with Gasteiger partial charge in [0.2, 0.25) is 0 Å². The van der Waals surface area contributed by atoms with Gasteiger partial charge in [0.25, 0.3) is 0 Å². The minimum Gasteiger partial charge on any atom is -0.496 e. The van der Waals surface area contributed by atoms with E-state index in [0.29, 0.717) is 6.04 Å². The number of ether oxygens (including phenoxy) is 1. The monoisotopic (exact) mass is 333 g/mol. The molecule has 2 nitrogen and oxygen atoms in total. The predicted molar refractivity (Wildman–Crippen MR) is 88.7 cm³/mol. The number of nitrogens with one attached hydrogen (secondary N) is 1. The van der Waals surface area contributed by atoms with Crippen molar-refractivity contribution in [3.8, 4) is 5.75 Å². The molecule has 0 saturated heterocycles. The highest BCUT2D eigenvalue weighted by Gasteiger charge is 2.09. The number of halogens is 1. The lowest BCUT2D eigenvalue weighted by atomic mass is 10.1. The molecule has 0 aliphatic heterocycles. The third-order valence-electron chi connectivity index (χ3n) is 3.24. The summed E-state index contributed by atoms with van der Waals surface area (Å²) in [7, 11) is 1.72. The van der Waals surface area contributed by atoms with E-state index in [0.717, 1.165) is 22.3 Å². The molecule has 2 rings (SSSR count). The van der Waals surface area contributed by atoms with Crippen molar-refractivity contribution in [2.75, 3.05) is 12.4 Å². The van der Waals surface area contributed by atoms with Crippen molar-refractivity contribution < 1.29 is 4.74 Å². The molecule has 0 aliphatic carbocycles. The summed E-state index contributed by atoms with van der Waals surface area (Å²) in [6, 6.07) is 14.8. The van der Waals surface area contributed by atoms with Crippen LogP contribution in [0.1, 0.15) is 18.1 Å². The molecule has 1 N–H and O–H groups in total. The summed E-state index contributed by atoms with van der Waals surface area (Å²) in [6.07, 6.45) is 0.921. The number of hydrogen-bond donors (Lipinski definition) is 1. The quantitative estimate of drug-likeness (QED) is 0.847. The molecular weight excluding hydrogens is 314 g/mol. The Balaban J connectivity index is 2.09. The lowest BCUT2D eigenvalue weighted by molar-refractivity contribution is 0.409. The Labute approximate surface area is 129 Å². The van der Waals surface area contributed by atoms with Crippen LogP contribution in [0.5, 0.6) is 5.75 Å². The lowest BCUT2D eigenvalue weighted by Crippen LogP contribution is -2.18. The number of aryl methyl sites for hydroxylation is 1. The number of hydrogen-bond acceptors (Lipinski definition) is 2. The second kappa shape index (κ2) is 6.80. The van der Waals surface area contributed by atoms with Crippen LogP contribution in [0.3, 0.4) is 0 Å². The highest BCUT2D eigenvalue weighted by atomic mass is 79.9. The Morgan fingerprint density at radius 1 is 1.20 bits per heavy atom. The molecule has 1 atom stereocenters. The molecule has 2 aromatic carbocycles. The number of rotatable bonds is 5. The van der Waals surface area contributed by atoms with E-state index in [9.17, 15) is 0 Å². The van der Waals surface area contributed by atoms with Crippen LogP contribution in [-0.2, 0) is 6.42 Å². The fourth-order valence-corrected chi connectivity index (χ4v) is 2.63. The Kier molecular flexibility index (Phi) is 5.07. The van der Waals surface area contributed by atoms with Gasteiger partial charge in [-0.25, -0.2) is 0 Å². The van der Waals surface area contributed by atoms with Crippen molar-refractivity contribution in [1.82, 2.24) is 0 Å². The summed E-state index contributed by atoms with van der Waals surface area (Å²) in [5.41, 5.74) is 3.60. The van der Waals surface area contributed by atoms with E-state index in [1.54, 1.807) is 7.11 Å². The molecule has 0 heterocycles. The van der Waals surface area contributed by atoms with Crippen molar-refractivity contribution in [2.45, 2.75) is 26.3 Å². The maximum atomic E-state index is 5.40. The molecule has 1 unspecified atom stereocenters. The Bertz CT molecular complexity index is 583. The number of methoxy groups -OCH3 is 1. The third kappa shape index (κ3) is 3.76. The first-order valence-electron chi connectivity index (χ1n) is 6.74. The third-order valence-corrected chi connectivity index (χ3v) is 3.93. The standard InChI is InChI=1S/C17H20BrNO/c1-12-8-9-15(18)16(10-12)19-13(2)11-14-6-4-5-7-17(14)20-3/h4-10,13,19H,11H2,1-3H3.